The Morgan fingerprint density at radius 1 is 1.13 bits per heavy atom. The van der Waals surface area contributed by atoms with Crippen LogP contribution in [-0.4, -0.2) is 49.0 Å². The third kappa shape index (κ3) is 5.97. The van der Waals surface area contributed by atoms with Crippen molar-refractivity contribution in [1.29, 1.82) is 0 Å². The summed E-state index contributed by atoms with van der Waals surface area (Å²) in [6, 6.07) is 6.41. The Balaban J connectivity index is 1.81. The number of carbonyl (C=O) groups is 1. The number of hydrogen-bond donors (Lipinski definition) is 0. The monoisotopic (exact) mass is 529 g/mol. The Hall–Kier alpha value is -3.50. The lowest BCUT2D eigenvalue weighted by molar-refractivity contribution is 0.0143. The predicted octanol–water partition coefficient (Wildman–Crippen LogP) is 5.88. The number of rotatable bonds is 9. The molecule has 0 spiro atoms. The van der Waals surface area contributed by atoms with E-state index in [0.717, 1.165) is 31.0 Å². The number of halogens is 3. The van der Waals surface area contributed by atoms with Gasteiger partial charge >= 0.3 is 0 Å². The molecule has 1 aromatic carbocycles. The molecule has 7 nitrogen and oxygen atoms in total. The third-order valence-electron chi connectivity index (χ3n) is 6.23. The average molecular weight is 530 g/mol. The van der Waals surface area contributed by atoms with Crippen molar-refractivity contribution in [3.8, 4) is 17.0 Å². The normalized spacial score (nSPS) is 15.5. The van der Waals surface area contributed by atoms with Gasteiger partial charge in [-0.05, 0) is 48.9 Å². The van der Waals surface area contributed by atoms with Crippen molar-refractivity contribution in [3.63, 3.8) is 0 Å². The number of methoxy groups -OCH3 is 1. The first-order chi connectivity index (χ1) is 18.3. The van der Waals surface area contributed by atoms with Crippen molar-refractivity contribution in [3.05, 3.63) is 71.4 Å². The number of carbonyl (C=O) groups excluding carboxylic acids is 1. The van der Waals surface area contributed by atoms with Crippen LogP contribution in [0.1, 0.15) is 55.1 Å². The molecule has 202 valence electrons. The van der Waals surface area contributed by atoms with Crippen LogP contribution in [0.5, 0.6) is 5.75 Å². The van der Waals surface area contributed by atoms with Gasteiger partial charge in [-0.2, -0.15) is 0 Å². The molecule has 1 aliphatic heterocycles. The second kappa shape index (κ2) is 12.4. The molecule has 38 heavy (non-hydrogen) atoms. The van der Waals surface area contributed by atoms with Crippen molar-refractivity contribution in [2.24, 2.45) is 0 Å². The molecule has 1 unspecified atom stereocenters. The molecule has 2 aromatic heterocycles. The quantitative estimate of drug-likeness (QED) is 0.322. The Labute approximate surface area is 219 Å². The van der Waals surface area contributed by atoms with Gasteiger partial charge in [0.15, 0.2) is 0 Å². The van der Waals surface area contributed by atoms with Gasteiger partial charge < -0.3 is 14.2 Å². The molecule has 0 bridgehead atoms. The van der Waals surface area contributed by atoms with E-state index in [1.165, 1.54) is 18.2 Å². The highest BCUT2D eigenvalue weighted by Crippen LogP contribution is 2.34. The van der Waals surface area contributed by atoms with Gasteiger partial charge in [0.25, 0.3) is 5.91 Å². The van der Waals surface area contributed by atoms with Gasteiger partial charge in [0.05, 0.1) is 24.1 Å². The van der Waals surface area contributed by atoms with Gasteiger partial charge in [0.1, 0.15) is 47.4 Å². The molecule has 1 fully saturated rings. The molecule has 4 rings (SSSR count). The topological polar surface area (TPSA) is 73.8 Å². The summed E-state index contributed by atoms with van der Waals surface area (Å²) in [5, 5.41) is 0. The first-order valence-corrected chi connectivity index (χ1v) is 12.5. The minimum absolute atomic E-state index is 0.0755. The largest absolute Gasteiger partial charge is 0.491 e. The van der Waals surface area contributed by atoms with E-state index in [-0.39, 0.29) is 30.6 Å². The van der Waals surface area contributed by atoms with E-state index in [1.54, 1.807) is 32.2 Å². The van der Waals surface area contributed by atoms with Crippen LogP contribution in [0.15, 0.2) is 42.7 Å². The van der Waals surface area contributed by atoms with Crippen molar-refractivity contribution >= 4 is 11.6 Å². The molecule has 0 saturated carbocycles. The van der Waals surface area contributed by atoms with Gasteiger partial charge in [-0.15, -0.1) is 0 Å². The van der Waals surface area contributed by atoms with Crippen LogP contribution in [0.3, 0.4) is 0 Å². The Kier molecular flexibility index (Phi) is 8.96. The SMILES string of the molecule is COCCOc1cc(F)c(-c2nc(C(=O)N(c3cccnc3)C3CCCCO3)c(C(C)C)cc2F)c(F)c1. The number of amides is 1. The van der Waals surface area contributed by atoms with Crippen molar-refractivity contribution < 1.29 is 32.2 Å². The predicted molar refractivity (Wildman–Crippen MR) is 136 cm³/mol. The molecule has 1 atom stereocenters. The minimum Gasteiger partial charge on any atom is -0.491 e. The molecule has 3 heterocycles. The van der Waals surface area contributed by atoms with Crippen LogP contribution in [0.25, 0.3) is 11.3 Å². The summed E-state index contributed by atoms with van der Waals surface area (Å²) in [6.45, 7) is 4.35. The van der Waals surface area contributed by atoms with E-state index in [9.17, 15) is 4.79 Å². The molecular formula is C28H30F3N3O4. The number of hydrogen-bond acceptors (Lipinski definition) is 6. The zero-order chi connectivity index (χ0) is 27.2. The Bertz CT molecular complexity index is 1240. The fourth-order valence-electron chi connectivity index (χ4n) is 4.34. The Morgan fingerprint density at radius 3 is 2.50 bits per heavy atom. The van der Waals surface area contributed by atoms with Gasteiger partial charge in [0, 0.05) is 32.0 Å². The van der Waals surface area contributed by atoms with Crippen molar-refractivity contribution in [2.75, 3.05) is 31.8 Å². The molecule has 1 saturated heterocycles. The summed E-state index contributed by atoms with van der Waals surface area (Å²) in [7, 11) is 1.47. The van der Waals surface area contributed by atoms with E-state index in [2.05, 4.69) is 9.97 Å². The van der Waals surface area contributed by atoms with Gasteiger partial charge in [-0.1, -0.05) is 13.8 Å². The Morgan fingerprint density at radius 2 is 1.89 bits per heavy atom. The number of anilines is 1. The second-order valence-corrected chi connectivity index (χ2v) is 9.22. The first-order valence-electron chi connectivity index (χ1n) is 12.5. The highest BCUT2D eigenvalue weighted by atomic mass is 19.1. The van der Waals surface area contributed by atoms with Crippen LogP contribution in [0.4, 0.5) is 18.9 Å². The van der Waals surface area contributed by atoms with Gasteiger partial charge in [-0.25, -0.2) is 18.2 Å². The maximum absolute atomic E-state index is 15.3. The van der Waals surface area contributed by atoms with Gasteiger partial charge in [0.2, 0.25) is 0 Å². The smallest absolute Gasteiger partial charge is 0.279 e. The summed E-state index contributed by atoms with van der Waals surface area (Å²) >= 11 is 0. The molecule has 0 radical (unpaired) electrons. The molecule has 0 N–H and O–H groups in total. The van der Waals surface area contributed by atoms with Crippen LogP contribution in [0, 0.1) is 17.5 Å². The zero-order valence-electron chi connectivity index (χ0n) is 21.5. The lowest BCUT2D eigenvalue weighted by atomic mass is 9.97. The van der Waals surface area contributed by atoms with Gasteiger partial charge in [-0.3, -0.25) is 14.7 Å². The molecular weight excluding hydrogens is 499 g/mol. The number of ether oxygens (including phenoxy) is 3. The summed E-state index contributed by atoms with van der Waals surface area (Å²) in [6.07, 6.45) is 4.81. The standard InChI is InChI=1S/C28H30F3N3O4/c1-17(2)20-15-23(31)27(25-21(29)13-19(14-22(25)30)37-12-11-36-3)33-26(20)28(35)34(18-7-6-9-32-16-18)24-8-4-5-10-38-24/h6-7,9,13-17,24H,4-5,8,10-12H2,1-3H3. The van der Waals surface area contributed by atoms with E-state index in [1.807, 2.05) is 0 Å². The lowest BCUT2D eigenvalue weighted by Crippen LogP contribution is -2.44. The number of aromatic nitrogens is 2. The fourth-order valence-corrected chi connectivity index (χ4v) is 4.34. The number of pyridine rings is 2. The van der Waals surface area contributed by atoms with Crippen LogP contribution < -0.4 is 9.64 Å². The molecule has 0 aliphatic carbocycles. The van der Waals surface area contributed by atoms with Crippen molar-refractivity contribution in [1.82, 2.24) is 9.97 Å². The van der Waals surface area contributed by atoms with E-state index >= 15 is 13.2 Å². The maximum atomic E-state index is 15.3. The zero-order valence-corrected chi connectivity index (χ0v) is 21.5. The van der Waals surface area contributed by atoms with E-state index in [4.69, 9.17) is 14.2 Å². The molecule has 1 amide bonds. The summed E-state index contributed by atoms with van der Waals surface area (Å²) in [5.74, 6) is -4.04. The average Bonchev–Trinajstić information content (AvgIpc) is 2.90. The van der Waals surface area contributed by atoms with Crippen molar-refractivity contribution in [2.45, 2.75) is 45.3 Å². The van der Waals surface area contributed by atoms with E-state index < -0.39 is 40.8 Å². The summed E-state index contributed by atoms with van der Waals surface area (Å²) in [5.41, 5.74) is -0.628. The van der Waals surface area contributed by atoms with Crippen LogP contribution in [-0.2, 0) is 9.47 Å². The lowest BCUT2D eigenvalue weighted by Gasteiger charge is -2.34. The molecule has 1 aliphatic rings. The minimum atomic E-state index is -1.07. The van der Waals surface area contributed by atoms with E-state index in [0.29, 0.717) is 24.3 Å². The first kappa shape index (κ1) is 27.5. The number of benzene rings is 1. The van der Waals surface area contributed by atoms with Crippen LogP contribution in [0.2, 0.25) is 0 Å². The fraction of sp³-hybridized carbons (Fsp3) is 0.393. The third-order valence-corrected chi connectivity index (χ3v) is 6.23. The highest BCUT2D eigenvalue weighted by Gasteiger charge is 2.33. The number of nitrogens with zero attached hydrogens (tertiary/aromatic N) is 3. The summed E-state index contributed by atoms with van der Waals surface area (Å²) < 4.78 is 61.6. The second-order valence-electron chi connectivity index (χ2n) is 9.22. The molecule has 10 heteroatoms. The van der Waals surface area contributed by atoms with Crippen LogP contribution >= 0.6 is 0 Å². The molecule has 3 aromatic rings. The summed E-state index contributed by atoms with van der Waals surface area (Å²) in [4.78, 5) is 23.9. The maximum Gasteiger partial charge on any atom is 0.279 e. The highest BCUT2D eigenvalue weighted by molar-refractivity contribution is 6.06.